The Kier molecular flexibility index (Phi) is 5.13. The maximum absolute atomic E-state index is 12.8. The van der Waals surface area contributed by atoms with Crippen molar-refractivity contribution in [3.63, 3.8) is 0 Å². The topological polar surface area (TPSA) is 59.1 Å². The molecule has 0 aromatic heterocycles. The van der Waals surface area contributed by atoms with E-state index in [-0.39, 0.29) is 17.7 Å². The average molecular weight is 320 g/mol. The van der Waals surface area contributed by atoms with Crippen LogP contribution in [0.15, 0.2) is 18.2 Å². The van der Waals surface area contributed by atoms with Crippen LogP contribution in [-0.4, -0.2) is 50.1 Å². The Morgan fingerprint density at radius 3 is 2.48 bits per heavy atom. The lowest BCUT2D eigenvalue weighted by Crippen LogP contribution is -2.58. The number of nitrogens with zero attached hydrogens (tertiary/aromatic N) is 2. The standard InChI is InChI=1S/C17H24N2O4/c1-11(2)16(20)18-8-9-19(17(21)12(18)3)14-10-13(22-4)6-7-15(14)23-5/h6-7,10-12H,8-9H2,1-5H3. The number of piperazine rings is 1. The summed E-state index contributed by atoms with van der Waals surface area (Å²) in [5.41, 5.74) is 0.667. The van der Waals surface area contributed by atoms with Crippen LogP contribution in [-0.2, 0) is 9.59 Å². The monoisotopic (exact) mass is 320 g/mol. The summed E-state index contributed by atoms with van der Waals surface area (Å²) in [6.45, 7) is 6.39. The molecule has 1 unspecified atom stereocenters. The quantitative estimate of drug-likeness (QED) is 0.850. The molecule has 1 aliphatic rings. The molecule has 23 heavy (non-hydrogen) atoms. The molecule has 0 bridgehead atoms. The van der Waals surface area contributed by atoms with Crippen LogP contribution in [0.25, 0.3) is 0 Å². The van der Waals surface area contributed by atoms with Crippen molar-refractivity contribution in [2.75, 3.05) is 32.2 Å². The van der Waals surface area contributed by atoms with Gasteiger partial charge in [0.15, 0.2) is 0 Å². The number of amides is 2. The van der Waals surface area contributed by atoms with Gasteiger partial charge < -0.3 is 19.3 Å². The second-order valence-corrected chi connectivity index (χ2v) is 5.89. The minimum atomic E-state index is -0.491. The van der Waals surface area contributed by atoms with Gasteiger partial charge in [-0.3, -0.25) is 9.59 Å². The Morgan fingerprint density at radius 2 is 1.91 bits per heavy atom. The molecule has 0 N–H and O–H groups in total. The van der Waals surface area contributed by atoms with Gasteiger partial charge in [-0.2, -0.15) is 0 Å². The lowest BCUT2D eigenvalue weighted by atomic mass is 10.1. The third kappa shape index (κ3) is 3.25. The summed E-state index contributed by atoms with van der Waals surface area (Å²) in [5, 5.41) is 0. The first-order valence-corrected chi connectivity index (χ1v) is 7.74. The molecular weight excluding hydrogens is 296 g/mol. The molecule has 0 spiro atoms. The van der Waals surface area contributed by atoms with Crippen molar-refractivity contribution in [1.82, 2.24) is 4.90 Å². The van der Waals surface area contributed by atoms with Crippen LogP contribution in [0.4, 0.5) is 5.69 Å². The highest BCUT2D eigenvalue weighted by Crippen LogP contribution is 2.34. The predicted octanol–water partition coefficient (Wildman–Crippen LogP) is 1.92. The largest absolute Gasteiger partial charge is 0.497 e. The second-order valence-electron chi connectivity index (χ2n) is 5.89. The number of ether oxygens (including phenoxy) is 2. The molecule has 1 aromatic carbocycles. The van der Waals surface area contributed by atoms with Crippen molar-refractivity contribution >= 4 is 17.5 Å². The van der Waals surface area contributed by atoms with E-state index >= 15 is 0 Å². The SMILES string of the molecule is COc1ccc(OC)c(N2CCN(C(=O)C(C)C)C(C)C2=O)c1. The first-order valence-electron chi connectivity index (χ1n) is 7.74. The van der Waals surface area contributed by atoms with Gasteiger partial charge in [0, 0.05) is 25.1 Å². The lowest BCUT2D eigenvalue weighted by Gasteiger charge is -2.40. The number of benzene rings is 1. The van der Waals surface area contributed by atoms with Gasteiger partial charge in [0.2, 0.25) is 11.8 Å². The second kappa shape index (κ2) is 6.89. The van der Waals surface area contributed by atoms with E-state index in [0.29, 0.717) is 30.3 Å². The van der Waals surface area contributed by atoms with E-state index in [1.807, 2.05) is 13.8 Å². The Balaban J connectivity index is 2.30. The maximum atomic E-state index is 12.8. The summed E-state index contributed by atoms with van der Waals surface area (Å²) >= 11 is 0. The van der Waals surface area contributed by atoms with E-state index < -0.39 is 6.04 Å². The molecule has 0 radical (unpaired) electrons. The van der Waals surface area contributed by atoms with E-state index in [1.54, 1.807) is 49.1 Å². The fourth-order valence-corrected chi connectivity index (χ4v) is 2.75. The summed E-state index contributed by atoms with van der Waals surface area (Å²) in [7, 11) is 3.15. The van der Waals surface area contributed by atoms with Gasteiger partial charge in [0.1, 0.15) is 17.5 Å². The van der Waals surface area contributed by atoms with Crippen LogP contribution in [0.5, 0.6) is 11.5 Å². The van der Waals surface area contributed by atoms with Crippen molar-refractivity contribution in [3.8, 4) is 11.5 Å². The predicted molar refractivity (Wildman–Crippen MR) is 87.9 cm³/mol. The van der Waals surface area contributed by atoms with Gasteiger partial charge in [0.05, 0.1) is 19.9 Å². The summed E-state index contributed by atoms with van der Waals surface area (Å²) in [6, 6.07) is 4.85. The van der Waals surface area contributed by atoms with E-state index in [1.165, 1.54) is 0 Å². The molecule has 6 nitrogen and oxygen atoms in total. The summed E-state index contributed by atoms with van der Waals surface area (Å²) in [4.78, 5) is 28.3. The molecule has 1 aliphatic heterocycles. The number of methoxy groups -OCH3 is 2. The van der Waals surface area contributed by atoms with Crippen LogP contribution in [0.1, 0.15) is 20.8 Å². The number of carbonyl (C=O) groups excluding carboxylic acids is 2. The number of hydrogen-bond donors (Lipinski definition) is 0. The Morgan fingerprint density at radius 1 is 1.22 bits per heavy atom. The van der Waals surface area contributed by atoms with Crippen molar-refractivity contribution in [2.24, 2.45) is 5.92 Å². The fraction of sp³-hybridized carbons (Fsp3) is 0.529. The lowest BCUT2D eigenvalue weighted by molar-refractivity contribution is -0.143. The molecule has 2 rings (SSSR count). The van der Waals surface area contributed by atoms with E-state index in [0.717, 1.165) is 0 Å². The van der Waals surface area contributed by atoms with Crippen molar-refractivity contribution in [1.29, 1.82) is 0 Å². The number of anilines is 1. The third-order valence-electron chi connectivity index (χ3n) is 4.11. The molecule has 1 saturated heterocycles. The zero-order valence-electron chi connectivity index (χ0n) is 14.3. The van der Waals surface area contributed by atoms with Crippen molar-refractivity contribution in [2.45, 2.75) is 26.8 Å². The zero-order chi connectivity index (χ0) is 17.1. The maximum Gasteiger partial charge on any atom is 0.249 e. The van der Waals surface area contributed by atoms with Crippen molar-refractivity contribution < 1.29 is 19.1 Å². The van der Waals surface area contributed by atoms with E-state index in [9.17, 15) is 9.59 Å². The Hall–Kier alpha value is -2.24. The highest BCUT2D eigenvalue weighted by Gasteiger charge is 2.36. The minimum absolute atomic E-state index is 0.00288. The number of rotatable bonds is 4. The molecule has 1 aromatic rings. The molecule has 0 aliphatic carbocycles. The van der Waals surface area contributed by atoms with Gasteiger partial charge in [0.25, 0.3) is 0 Å². The van der Waals surface area contributed by atoms with Gasteiger partial charge in [-0.15, -0.1) is 0 Å². The van der Waals surface area contributed by atoms with E-state index in [2.05, 4.69) is 0 Å². The molecular formula is C17H24N2O4. The van der Waals surface area contributed by atoms with Crippen LogP contribution >= 0.6 is 0 Å². The first kappa shape index (κ1) is 17.1. The highest BCUT2D eigenvalue weighted by atomic mass is 16.5. The van der Waals surface area contributed by atoms with Gasteiger partial charge in [-0.05, 0) is 19.1 Å². The molecule has 0 saturated carbocycles. The molecule has 126 valence electrons. The summed E-state index contributed by atoms with van der Waals surface area (Å²) in [5.74, 6) is 1.03. The van der Waals surface area contributed by atoms with Gasteiger partial charge in [-0.1, -0.05) is 13.8 Å². The smallest absolute Gasteiger partial charge is 0.249 e. The van der Waals surface area contributed by atoms with Gasteiger partial charge >= 0.3 is 0 Å². The number of carbonyl (C=O) groups is 2. The van der Waals surface area contributed by atoms with Crippen LogP contribution < -0.4 is 14.4 Å². The first-order chi connectivity index (χ1) is 10.9. The average Bonchev–Trinajstić information content (AvgIpc) is 2.56. The molecule has 6 heteroatoms. The zero-order valence-corrected chi connectivity index (χ0v) is 14.3. The minimum Gasteiger partial charge on any atom is -0.497 e. The fourth-order valence-electron chi connectivity index (χ4n) is 2.75. The van der Waals surface area contributed by atoms with E-state index in [4.69, 9.17) is 9.47 Å². The number of hydrogen-bond acceptors (Lipinski definition) is 4. The van der Waals surface area contributed by atoms with Crippen LogP contribution in [0, 0.1) is 5.92 Å². The van der Waals surface area contributed by atoms with Crippen LogP contribution in [0.2, 0.25) is 0 Å². The normalized spacial score (nSPS) is 18.3. The highest BCUT2D eigenvalue weighted by molar-refractivity contribution is 6.01. The molecule has 1 heterocycles. The molecule has 1 fully saturated rings. The molecule has 1 atom stereocenters. The van der Waals surface area contributed by atoms with Gasteiger partial charge in [-0.25, -0.2) is 0 Å². The van der Waals surface area contributed by atoms with Crippen LogP contribution in [0.3, 0.4) is 0 Å². The Bertz CT molecular complexity index is 600. The molecule has 2 amide bonds. The third-order valence-corrected chi connectivity index (χ3v) is 4.11. The summed E-state index contributed by atoms with van der Waals surface area (Å²) < 4.78 is 10.6. The van der Waals surface area contributed by atoms with Crippen molar-refractivity contribution in [3.05, 3.63) is 18.2 Å². The Labute approximate surface area is 137 Å². The summed E-state index contributed by atoms with van der Waals surface area (Å²) in [6.07, 6.45) is 0.